The second-order valence-electron chi connectivity index (χ2n) is 14.1. The minimum absolute atomic E-state index is 0.563. The van der Waals surface area contributed by atoms with Crippen molar-refractivity contribution in [2.45, 2.75) is 0 Å². The van der Waals surface area contributed by atoms with Gasteiger partial charge in [-0.15, -0.1) is 0 Å². The van der Waals surface area contributed by atoms with Gasteiger partial charge in [0.2, 0.25) is 5.95 Å². The zero-order chi connectivity index (χ0) is 37.0. The van der Waals surface area contributed by atoms with Gasteiger partial charge in [0, 0.05) is 38.4 Å². The van der Waals surface area contributed by atoms with E-state index in [9.17, 15) is 0 Å². The summed E-state index contributed by atoms with van der Waals surface area (Å²) in [5.41, 5.74) is 11.7. The highest BCUT2D eigenvalue weighted by atomic mass is 15.2. The fourth-order valence-electron chi connectivity index (χ4n) is 8.16. The van der Waals surface area contributed by atoms with Crippen molar-refractivity contribution >= 4 is 43.6 Å². The molecule has 5 nitrogen and oxygen atoms in total. The molecule has 56 heavy (non-hydrogen) atoms. The van der Waals surface area contributed by atoms with Crippen LogP contribution in [0.1, 0.15) is 0 Å². The molecular formula is C51H33N5. The van der Waals surface area contributed by atoms with Crippen molar-refractivity contribution in [2.75, 3.05) is 0 Å². The third kappa shape index (κ3) is 5.29. The molecule has 11 aromatic rings. The van der Waals surface area contributed by atoms with Gasteiger partial charge in [-0.25, -0.2) is 4.98 Å². The second kappa shape index (κ2) is 13.0. The lowest BCUT2D eigenvalue weighted by Crippen LogP contribution is -2.06. The van der Waals surface area contributed by atoms with Gasteiger partial charge in [0.15, 0.2) is 11.6 Å². The molecule has 8 aromatic carbocycles. The zero-order valence-corrected chi connectivity index (χ0v) is 30.3. The third-order valence-corrected chi connectivity index (χ3v) is 10.7. The summed E-state index contributed by atoms with van der Waals surface area (Å²) in [6.07, 6.45) is 0. The SMILES string of the molecule is c1ccc(-c2cc(-c3ccccc3)cc(-c3nc(-c4ccccc4)nc(-n4c5ccccc5c5cc6c7ccccc7n(-c7ccccc7)c6cc54)n3)c2)cc1. The van der Waals surface area contributed by atoms with Crippen LogP contribution in [0.25, 0.3) is 100 Å². The van der Waals surface area contributed by atoms with E-state index in [1.54, 1.807) is 0 Å². The largest absolute Gasteiger partial charge is 0.309 e. The van der Waals surface area contributed by atoms with Crippen LogP contribution in [0.2, 0.25) is 0 Å². The summed E-state index contributed by atoms with van der Waals surface area (Å²) in [4.78, 5) is 15.9. The number of fused-ring (bicyclic) bond motifs is 6. The quantitative estimate of drug-likeness (QED) is 0.172. The first-order valence-electron chi connectivity index (χ1n) is 18.9. The summed E-state index contributed by atoms with van der Waals surface area (Å²) in [5, 5.41) is 4.70. The van der Waals surface area contributed by atoms with Gasteiger partial charge in [-0.05, 0) is 76.9 Å². The fourth-order valence-corrected chi connectivity index (χ4v) is 8.16. The summed E-state index contributed by atoms with van der Waals surface area (Å²) < 4.78 is 4.58. The lowest BCUT2D eigenvalue weighted by molar-refractivity contribution is 0.953. The van der Waals surface area contributed by atoms with Crippen LogP contribution in [0.4, 0.5) is 0 Å². The summed E-state index contributed by atoms with van der Waals surface area (Å²) >= 11 is 0. The molecule has 262 valence electrons. The van der Waals surface area contributed by atoms with Crippen LogP contribution < -0.4 is 0 Å². The molecule has 0 fully saturated rings. The third-order valence-electron chi connectivity index (χ3n) is 10.7. The molecule has 0 atom stereocenters. The molecule has 0 saturated heterocycles. The first-order valence-corrected chi connectivity index (χ1v) is 18.9. The van der Waals surface area contributed by atoms with Crippen molar-refractivity contribution in [3.8, 4) is 56.7 Å². The monoisotopic (exact) mass is 715 g/mol. The van der Waals surface area contributed by atoms with E-state index >= 15 is 0 Å². The second-order valence-corrected chi connectivity index (χ2v) is 14.1. The molecule has 0 bridgehead atoms. The summed E-state index contributed by atoms with van der Waals surface area (Å²) in [5.74, 6) is 1.78. The van der Waals surface area contributed by atoms with Crippen LogP contribution in [0, 0.1) is 0 Å². The molecule has 0 spiro atoms. The standard InChI is InChI=1S/C51H33N5/c1-5-17-34(18-6-1)37-29-38(35-19-7-2-8-20-35)31-39(30-37)50-52-49(36-21-9-3-10-22-36)53-51(54-50)56-46-28-16-14-26-42(46)44-32-43-41-25-13-15-27-45(41)55(47(43)33-48(44)56)40-23-11-4-12-24-40/h1-33H. The van der Waals surface area contributed by atoms with Crippen molar-refractivity contribution in [2.24, 2.45) is 0 Å². The zero-order valence-electron chi connectivity index (χ0n) is 30.3. The van der Waals surface area contributed by atoms with Crippen molar-refractivity contribution < 1.29 is 0 Å². The summed E-state index contributed by atoms with van der Waals surface area (Å²) in [6, 6.07) is 70.3. The Morgan fingerprint density at radius 3 is 1.27 bits per heavy atom. The number of hydrogen-bond donors (Lipinski definition) is 0. The first-order chi connectivity index (χ1) is 27.8. The molecule has 5 heteroatoms. The van der Waals surface area contributed by atoms with Gasteiger partial charge in [0.05, 0.1) is 22.1 Å². The number of benzene rings is 8. The Bertz CT molecular complexity index is 3160. The van der Waals surface area contributed by atoms with E-state index in [-0.39, 0.29) is 0 Å². The van der Waals surface area contributed by atoms with Crippen molar-refractivity contribution in [3.05, 3.63) is 200 Å². The summed E-state index contributed by atoms with van der Waals surface area (Å²) in [6.45, 7) is 0. The van der Waals surface area contributed by atoms with E-state index in [1.807, 2.05) is 18.2 Å². The summed E-state index contributed by atoms with van der Waals surface area (Å²) in [7, 11) is 0. The lowest BCUT2D eigenvalue weighted by Gasteiger charge is -2.13. The first kappa shape index (κ1) is 31.9. The molecule has 3 aromatic heterocycles. The molecule has 0 N–H and O–H groups in total. The topological polar surface area (TPSA) is 48.5 Å². The van der Waals surface area contributed by atoms with Gasteiger partial charge >= 0.3 is 0 Å². The minimum atomic E-state index is 0.563. The van der Waals surface area contributed by atoms with Crippen molar-refractivity contribution in [1.82, 2.24) is 24.1 Å². The normalized spacial score (nSPS) is 11.6. The highest BCUT2D eigenvalue weighted by molar-refractivity contribution is 6.19. The maximum absolute atomic E-state index is 5.38. The smallest absolute Gasteiger partial charge is 0.238 e. The van der Waals surface area contributed by atoms with Crippen molar-refractivity contribution in [3.63, 3.8) is 0 Å². The van der Waals surface area contributed by atoms with Gasteiger partial charge in [0.1, 0.15) is 0 Å². The molecule has 0 aliphatic carbocycles. The Kier molecular flexibility index (Phi) is 7.42. The predicted octanol–water partition coefficient (Wildman–Crippen LogP) is 12.7. The Morgan fingerprint density at radius 2 is 0.696 bits per heavy atom. The van der Waals surface area contributed by atoms with Crippen molar-refractivity contribution in [1.29, 1.82) is 0 Å². The Morgan fingerprint density at radius 1 is 0.268 bits per heavy atom. The molecule has 0 radical (unpaired) electrons. The molecule has 3 heterocycles. The van der Waals surface area contributed by atoms with Crippen LogP contribution in [-0.4, -0.2) is 24.1 Å². The van der Waals surface area contributed by atoms with Crippen LogP contribution >= 0.6 is 0 Å². The molecule has 0 saturated carbocycles. The van der Waals surface area contributed by atoms with E-state index < -0.39 is 0 Å². The highest BCUT2D eigenvalue weighted by Gasteiger charge is 2.21. The van der Waals surface area contributed by atoms with E-state index in [0.717, 1.165) is 66.4 Å². The van der Waals surface area contributed by atoms with E-state index in [4.69, 9.17) is 15.0 Å². The van der Waals surface area contributed by atoms with Crippen LogP contribution in [0.5, 0.6) is 0 Å². The van der Waals surface area contributed by atoms with Crippen LogP contribution in [0.3, 0.4) is 0 Å². The van der Waals surface area contributed by atoms with E-state index in [2.05, 4.69) is 191 Å². The molecule has 0 aliphatic heterocycles. The minimum Gasteiger partial charge on any atom is -0.309 e. The highest BCUT2D eigenvalue weighted by Crippen LogP contribution is 2.40. The average molecular weight is 716 g/mol. The molecular weight excluding hydrogens is 683 g/mol. The van der Waals surface area contributed by atoms with Gasteiger partial charge in [-0.3, -0.25) is 4.57 Å². The number of nitrogens with zero attached hydrogens (tertiary/aromatic N) is 5. The lowest BCUT2D eigenvalue weighted by atomic mass is 9.96. The molecule has 0 aliphatic rings. The average Bonchev–Trinajstić information content (AvgIpc) is 3.78. The van der Waals surface area contributed by atoms with Gasteiger partial charge in [-0.1, -0.05) is 146 Å². The molecule has 11 rings (SSSR count). The van der Waals surface area contributed by atoms with E-state index in [0.29, 0.717) is 17.6 Å². The molecule has 0 amide bonds. The van der Waals surface area contributed by atoms with Gasteiger partial charge < -0.3 is 4.57 Å². The number of aromatic nitrogens is 5. The van der Waals surface area contributed by atoms with Crippen LogP contribution in [0.15, 0.2) is 200 Å². The maximum Gasteiger partial charge on any atom is 0.238 e. The fraction of sp³-hybridized carbons (Fsp3) is 0. The maximum atomic E-state index is 5.38. The number of hydrogen-bond acceptors (Lipinski definition) is 3. The Balaban J connectivity index is 1.22. The van der Waals surface area contributed by atoms with Gasteiger partial charge in [-0.2, -0.15) is 9.97 Å². The Hall–Kier alpha value is -7.63. The number of rotatable bonds is 6. The predicted molar refractivity (Wildman–Crippen MR) is 230 cm³/mol. The number of para-hydroxylation sites is 3. The van der Waals surface area contributed by atoms with Gasteiger partial charge in [0.25, 0.3) is 0 Å². The molecule has 0 unspecified atom stereocenters. The Labute approximate surface area is 323 Å². The van der Waals surface area contributed by atoms with E-state index in [1.165, 1.54) is 16.3 Å². The van der Waals surface area contributed by atoms with Crippen LogP contribution in [-0.2, 0) is 0 Å².